The Balaban J connectivity index is 1.92. The Hall–Kier alpha value is -3.40. The van der Waals surface area contributed by atoms with E-state index in [0.29, 0.717) is 0 Å². The number of ether oxygens (including phenoxy) is 4. The molecule has 3 aromatic carbocycles. The van der Waals surface area contributed by atoms with Crippen molar-refractivity contribution in [3.05, 3.63) is 82.4 Å². The van der Waals surface area contributed by atoms with E-state index in [9.17, 15) is 0 Å². The van der Waals surface area contributed by atoms with Crippen molar-refractivity contribution < 1.29 is 18.9 Å². The van der Waals surface area contributed by atoms with E-state index in [0.717, 1.165) is 34.1 Å². The first-order valence-electron chi connectivity index (χ1n) is 9.85. The van der Waals surface area contributed by atoms with Crippen LogP contribution >= 0.6 is 0 Å². The summed E-state index contributed by atoms with van der Waals surface area (Å²) in [5.74, 6) is 3.31. The van der Waals surface area contributed by atoms with Gasteiger partial charge in [0, 0.05) is 12.0 Å². The van der Waals surface area contributed by atoms with Crippen LogP contribution in [0.4, 0.5) is 0 Å². The van der Waals surface area contributed by atoms with E-state index in [4.69, 9.17) is 18.9 Å². The van der Waals surface area contributed by atoms with Gasteiger partial charge in [-0.25, -0.2) is 0 Å². The Morgan fingerprint density at radius 1 is 0.633 bits per heavy atom. The molecule has 4 nitrogen and oxygen atoms in total. The average molecular weight is 402 g/mol. The quantitative estimate of drug-likeness (QED) is 0.529. The first kappa shape index (κ1) is 19.9. The van der Waals surface area contributed by atoms with Gasteiger partial charge in [0.15, 0.2) is 0 Å². The zero-order valence-electron chi connectivity index (χ0n) is 18.0. The number of methoxy groups -OCH3 is 4. The highest BCUT2D eigenvalue weighted by Gasteiger charge is 2.30. The highest BCUT2D eigenvalue weighted by molar-refractivity contribution is 5.94. The monoisotopic (exact) mass is 402 g/mol. The van der Waals surface area contributed by atoms with E-state index in [2.05, 4.69) is 49.4 Å². The zero-order chi connectivity index (χ0) is 21.3. The van der Waals surface area contributed by atoms with E-state index in [1.54, 1.807) is 28.4 Å². The molecule has 0 radical (unpaired) electrons. The molecular formula is C26H26O4. The predicted molar refractivity (Wildman–Crippen MR) is 120 cm³/mol. The van der Waals surface area contributed by atoms with E-state index in [1.807, 2.05) is 18.2 Å². The summed E-state index contributed by atoms with van der Waals surface area (Å²) >= 11 is 0. The first-order chi connectivity index (χ1) is 14.6. The third-order valence-electron chi connectivity index (χ3n) is 5.67. The summed E-state index contributed by atoms with van der Waals surface area (Å²) in [5, 5.41) is 0. The van der Waals surface area contributed by atoms with Crippen molar-refractivity contribution in [1.82, 2.24) is 0 Å². The third-order valence-corrected chi connectivity index (χ3v) is 5.67. The number of hydrogen-bond acceptors (Lipinski definition) is 4. The van der Waals surface area contributed by atoms with E-state index in [1.165, 1.54) is 22.3 Å². The van der Waals surface area contributed by atoms with Crippen LogP contribution in [0.15, 0.2) is 54.6 Å². The van der Waals surface area contributed by atoms with Crippen LogP contribution in [0.3, 0.4) is 0 Å². The lowest BCUT2D eigenvalue weighted by molar-refractivity contribution is 0.393. The second-order valence-electron chi connectivity index (χ2n) is 7.35. The van der Waals surface area contributed by atoms with Gasteiger partial charge in [-0.05, 0) is 82.8 Å². The molecule has 3 aromatic rings. The van der Waals surface area contributed by atoms with Crippen molar-refractivity contribution in [3.63, 3.8) is 0 Å². The number of aryl methyl sites for hydroxylation is 1. The van der Waals surface area contributed by atoms with Crippen LogP contribution in [0.1, 0.15) is 33.7 Å². The Labute approximate surface area is 177 Å². The van der Waals surface area contributed by atoms with Gasteiger partial charge in [0.25, 0.3) is 0 Å². The van der Waals surface area contributed by atoms with Gasteiger partial charge in [-0.15, -0.1) is 0 Å². The van der Waals surface area contributed by atoms with Crippen molar-refractivity contribution in [2.45, 2.75) is 12.8 Å². The van der Waals surface area contributed by atoms with E-state index < -0.39 is 0 Å². The highest BCUT2D eigenvalue weighted by atomic mass is 16.5. The maximum absolute atomic E-state index is 5.55. The molecule has 0 amide bonds. The number of allylic oxidation sites excluding steroid dienone is 1. The second kappa shape index (κ2) is 8.15. The van der Waals surface area contributed by atoms with Crippen LogP contribution in [0.25, 0.3) is 11.6 Å². The summed E-state index contributed by atoms with van der Waals surface area (Å²) < 4.78 is 22.0. The van der Waals surface area contributed by atoms with Gasteiger partial charge in [0.05, 0.1) is 28.4 Å². The largest absolute Gasteiger partial charge is 0.497 e. The molecule has 0 saturated heterocycles. The summed E-state index contributed by atoms with van der Waals surface area (Å²) in [5.41, 5.74) is 7.13. The zero-order valence-corrected chi connectivity index (χ0v) is 18.0. The SMILES string of the molecule is COc1ccc(C2=Cc3cc(OC)cc(C)c3[C@@H]2c2cc(OC)cc(OC)c2)cc1. The Kier molecular flexibility index (Phi) is 5.40. The predicted octanol–water partition coefficient (Wildman–Crippen LogP) is 5.72. The minimum atomic E-state index is 0.0586. The molecule has 154 valence electrons. The highest BCUT2D eigenvalue weighted by Crippen LogP contribution is 2.49. The van der Waals surface area contributed by atoms with Gasteiger partial charge in [-0.1, -0.05) is 12.1 Å². The van der Waals surface area contributed by atoms with Gasteiger partial charge in [-0.2, -0.15) is 0 Å². The van der Waals surface area contributed by atoms with Crippen molar-refractivity contribution in [3.8, 4) is 23.0 Å². The number of hydrogen-bond donors (Lipinski definition) is 0. The Morgan fingerprint density at radius 2 is 1.20 bits per heavy atom. The molecule has 0 bridgehead atoms. The molecular weight excluding hydrogens is 376 g/mol. The number of benzene rings is 3. The van der Waals surface area contributed by atoms with Crippen molar-refractivity contribution in [1.29, 1.82) is 0 Å². The molecule has 1 atom stereocenters. The summed E-state index contributed by atoms with van der Waals surface area (Å²) in [6, 6.07) is 18.5. The van der Waals surface area contributed by atoms with E-state index >= 15 is 0 Å². The van der Waals surface area contributed by atoms with Crippen molar-refractivity contribution >= 4 is 11.6 Å². The minimum Gasteiger partial charge on any atom is -0.497 e. The van der Waals surface area contributed by atoms with Crippen LogP contribution in [0.5, 0.6) is 23.0 Å². The molecule has 0 heterocycles. The first-order valence-corrected chi connectivity index (χ1v) is 9.85. The molecule has 0 fully saturated rings. The summed E-state index contributed by atoms with van der Waals surface area (Å²) in [6.45, 7) is 2.14. The van der Waals surface area contributed by atoms with Crippen LogP contribution in [0.2, 0.25) is 0 Å². The van der Waals surface area contributed by atoms with Crippen molar-refractivity contribution in [2.24, 2.45) is 0 Å². The molecule has 4 heteroatoms. The molecule has 1 aliphatic rings. The topological polar surface area (TPSA) is 36.9 Å². The summed E-state index contributed by atoms with van der Waals surface area (Å²) in [6.07, 6.45) is 2.25. The van der Waals surface area contributed by atoms with Gasteiger partial charge in [0.2, 0.25) is 0 Å². The Morgan fingerprint density at radius 3 is 1.77 bits per heavy atom. The van der Waals surface area contributed by atoms with E-state index in [-0.39, 0.29) is 5.92 Å². The van der Waals surface area contributed by atoms with Crippen LogP contribution in [-0.4, -0.2) is 28.4 Å². The van der Waals surface area contributed by atoms with Crippen molar-refractivity contribution in [2.75, 3.05) is 28.4 Å². The number of rotatable bonds is 6. The fourth-order valence-corrected chi connectivity index (χ4v) is 4.21. The maximum Gasteiger partial charge on any atom is 0.122 e. The lowest BCUT2D eigenvalue weighted by Crippen LogP contribution is -2.05. The normalized spacial score (nSPS) is 14.7. The molecule has 0 N–H and O–H groups in total. The number of fused-ring (bicyclic) bond motifs is 1. The molecule has 0 unspecified atom stereocenters. The average Bonchev–Trinajstić information content (AvgIpc) is 3.18. The molecule has 4 rings (SSSR count). The van der Waals surface area contributed by atoms with Gasteiger partial charge < -0.3 is 18.9 Å². The van der Waals surface area contributed by atoms with Gasteiger partial charge >= 0.3 is 0 Å². The van der Waals surface area contributed by atoms with Gasteiger partial charge in [0.1, 0.15) is 23.0 Å². The molecule has 1 aliphatic carbocycles. The van der Waals surface area contributed by atoms with Crippen LogP contribution in [0, 0.1) is 6.92 Å². The van der Waals surface area contributed by atoms with Crippen LogP contribution in [-0.2, 0) is 0 Å². The minimum absolute atomic E-state index is 0.0586. The second-order valence-corrected chi connectivity index (χ2v) is 7.35. The lowest BCUT2D eigenvalue weighted by atomic mass is 9.83. The Bertz CT molecular complexity index is 1070. The summed E-state index contributed by atoms with van der Waals surface area (Å²) in [7, 11) is 6.74. The smallest absolute Gasteiger partial charge is 0.122 e. The lowest BCUT2D eigenvalue weighted by Gasteiger charge is -2.21. The summed E-state index contributed by atoms with van der Waals surface area (Å²) in [4.78, 5) is 0. The molecule has 0 aromatic heterocycles. The fraction of sp³-hybridized carbons (Fsp3) is 0.231. The third kappa shape index (κ3) is 3.50. The standard InChI is InChI=1S/C26H26O4/c1-16-10-21(28-3)13-19-14-24(17-6-8-20(27-2)9-7-17)26(25(16)19)18-11-22(29-4)15-23(12-18)30-5/h6-15,26H,1-5H3/t26-/m1/s1. The van der Waals surface area contributed by atoms with Crippen LogP contribution < -0.4 is 18.9 Å². The molecule has 0 aliphatic heterocycles. The molecule has 0 saturated carbocycles. The molecule has 30 heavy (non-hydrogen) atoms. The molecule has 0 spiro atoms. The van der Waals surface area contributed by atoms with Gasteiger partial charge in [-0.3, -0.25) is 0 Å². The maximum atomic E-state index is 5.55. The fourth-order valence-electron chi connectivity index (χ4n) is 4.21.